The van der Waals surface area contributed by atoms with E-state index in [0.717, 1.165) is 12.4 Å². The summed E-state index contributed by atoms with van der Waals surface area (Å²) in [5.41, 5.74) is -0.628. The lowest BCUT2D eigenvalue weighted by molar-refractivity contribution is -0.141. The Morgan fingerprint density at radius 2 is 2.04 bits per heavy atom. The molecular weight excluding hydrogens is 388 g/mol. The fourth-order valence-corrected chi connectivity index (χ4v) is 3.29. The Balaban J connectivity index is 2.10. The molecule has 0 saturated heterocycles. The molecule has 6 nitrogen and oxygen atoms in total. The van der Waals surface area contributed by atoms with E-state index < -0.39 is 29.0 Å². The summed E-state index contributed by atoms with van der Waals surface area (Å²) in [5, 5.41) is 0. The van der Waals surface area contributed by atoms with Gasteiger partial charge in [0.15, 0.2) is 0 Å². The monoisotopic (exact) mass is 402 g/mol. The van der Waals surface area contributed by atoms with E-state index in [2.05, 4.69) is 15.0 Å². The number of nitrogens with zero attached hydrogens (tertiary/aromatic N) is 4. The van der Waals surface area contributed by atoms with Crippen LogP contribution in [0.1, 0.15) is 19.5 Å². The Morgan fingerprint density at radius 1 is 1.30 bits per heavy atom. The maximum Gasteiger partial charge on any atom is 0.433 e. The Bertz CT molecular complexity index is 1000. The number of fused-ring (bicyclic) bond motifs is 1. The molecule has 0 aromatic carbocycles. The fraction of sp³-hybridized carbons (Fsp3) is 0.312. The molecule has 3 heterocycles. The molecule has 0 bridgehead atoms. The van der Waals surface area contributed by atoms with Crippen LogP contribution in [0.5, 0.6) is 5.75 Å². The van der Waals surface area contributed by atoms with Crippen molar-refractivity contribution in [1.82, 2.24) is 19.4 Å². The highest BCUT2D eigenvalue weighted by Crippen LogP contribution is 2.30. The van der Waals surface area contributed by atoms with Gasteiger partial charge >= 0.3 is 6.18 Å². The normalized spacial score (nSPS) is 14.3. The lowest BCUT2D eigenvalue weighted by Gasteiger charge is -2.10. The molecule has 2 atom stereocenters. The topological polar surface area (TPSA) is 69.4 Å². The van der Waals surface area contributed by atoms with Gasteiger partial charge in [-0.25, -0.2) is 19.3 Å². The molecule has 144 valence electrons. The molecule has 3 aromatic heterocycles. The summed E-state index contributed by atoms with van der Waals surface area (Å²) >= 11 is 0. The number of rotatable bonds is 5. The zero-order chi connectivity index (χ0) is 19.8. The van der Waals surface area contributed by atoms with Crippen LogP contribution in [0.25, 0.3) is 17.0 Å². The number of aromatic nitrogens is 4. The number of hydrogen-bond donors (Lipinski definition) is 0. The third-order valence-corrected chi connectivity index (χ3v) is 4.84. The Hall–Kier alpha value is -2.56. The molecular formula is C16H14F4N4O2S. The highest BCUT2D eigenvalue weighted by Gasteiger charge is 2.33. The Morgan fingerprint density at radius 3 is 2.67 bits per heavy atom. The highest BCUT2D eigenvalue weighted by molar-refractivity contribution is 7.85. The number of hydrogen-bond acceptors (Lipinski definition) is 5. The molecule has 0 aliphatic carbocycles. The van der Waals surface area contributed by atoms with Gasteiger partial charge in [-0.3, -0.25) is 8.61 Å². The Labute approximate surface area is 153 Å². The lowest BCUT2D eigenvalue weighted by atomic mass is 10.3. The molecule has 27 heavy (non-hydrogen) atoms. The van der Waals surface area contributed by atoms with Crippen molar-refractivity contribution in [2.45, 2.75) is 31.3 Å². The minimum absolute atomic E-state index is 0.0139. The summed E-state index contributed by atoms with van der Waals surface area (Å²) in [5.74, 6) is 0.353. The molecule has 3 aromatic rings. The minimum Gasteiger partial charge on any atom is -0.459 e. The van der Waals surface area contributed by atoms with Gasteiger partial charge in [-0.05, 0) is 0 Å². The van der Waals surface area contributed by atoms with E-state index in [9.17, 15) is 21.8 Å². The van der Waals surface area contributed by atoms with Gasteiger partial charge in [-0.1, -0.05) is 6.92 Å². The number of alkyl halides is 4. The van der Waals surface area contributed by atoms with E-state index in [4.69, 9.17) is 4.74 Å². The van der Waals surface area contributed by atoms with Crippen LogP contribution in [0.2, 0.25) is 0 Å². The SMILES string of the molecule is CCS(=O)c1cc(OC(C)F)cnc1-c1cn2cnc(C(F)(F)F)cc2n1. The van der Waals surface area contributed by atoms with Crippen LogP contribution in [0.4, 0.5) is 17.6 Å². The highest BCUT2D eigenvalue weighted by atomic mass is 32.2. The average Bonchev–Trinajstić information content (AvgIpc) is 3.02. The van der Waals surface area contributed by atoms with Crippen LogP contribution in [0.15, 0.2) is 35.7 Å². The van der Waals surface area contributed by atoms with E-state index in [1.807, 2.05) is 0 Å². The van der Waals surface area contributed by atoms with Crippen molar-refractivity contribution >= 4 is 16.4 Å². The van der Waals surface area contributed by atoms with Crippen LogP contribution < -0.4 is 4.74 Å². The maximum absolute atomic E-state index is 13.1. The van der Waals surface area contributed by atoms with Crippen LogP contribution in [-0.4, -0.2) is 35.7 Å². The standard InChI is InChI=1S/C16H14F4N4O2S/c1-3-27(25)12-4-10(26-9(2)17)6-21-15(12)11-7-24-8-22-13(16(18,19)20)5-14(24)23-11/h4-9H,3H2,1-2H3. The van der Waals surface area contributed by atoms with E-state index >= 15 is 0 Å². The molecule has 0 aliphatic rings. The minimum atomic E-state index is -4.59. The molecule has 0 saturated carbocycles. The van der Waals surface area contributed by atoms with Crippen LogP contribution in [0, 0.1) is 0 Å². The first kappa shape index (κ1) is 19.2. The maximum atomic E-state index is 13.1. The molecule has 2 unspecified atom stereocenters. The first-order valence-corrected chi connectivity index (χ1v) is 9.12. The van der Waals surface area contributed by atoms with Crippen molar-refractivity contribution in [3.63, 3.8) is 0 Å². The van der Waals surface area contributed by atoms with Gasteiger partial charge in [-0.2, -0.15) is 13.2 Å². The Kier molecular flexibility index (Phi) is 5.13. The van der Waals surface area contributed by atoms with Gasteiger partial charge in [0, 0.05) is 31.0 Å². The van der Waals surface area contributed by atoms with Crippen molar-refractivity contribution in [2.24, 2.45) is 0 Å². The van der Waals surface area contributed by atoms with Crippen molar-refractivity contribution in [1.29, 1.82) is 0 Å². The molecule has 0 aliphatic heterocycles. The van der Waals surface area contributed by atoms with Crippen LogP contribution in [0.3, 0.4) is 0 Å². The second-order valence-electron chi connectivity index (χ2n) is 5.48. The van der Waals surface area contributed by atoms with Crippen molar-refractivity contribution < 1.29 is 26.5 Å². The quantitative estimate of drug-likeness (QED) is 0.610. The second-order valence-corrected chi connectivity index (χ2v) is 7.18. The smallest absolute Gasteiger partial charge is 0.433 e. The first-order valence-electron chi connectivity index (χ1n) is 7.80. The number of halogens is 4. The van der Waals surface area contributed by atoms with Gasteiger partial charge in [0.1, 0.15) is 34.8 Å². The number of imidazole rings is 1. The first-order chi connectivity index (χ1) is 12.7. The molecule has 3 rings (SSSR count). The molecule has 0 spiro atoms. The van der Waals surface area contributed by atoms with E-state index in [0.29, 0.717) is 0 Å². The van der Waals surface area contributed by atoms with Crippen LogP contribution in [-0.2, 0) is 17.0 Å². The fourth-order valence-electron chi connectivity index (χ4n) is 2.36. The lowest BCUT2D eigenvalue weighted by Crippen LogP contribution is -2.08. The van der Waals surface area contributed by atoms with Crippen molar-refractivity contribution in [2.75, 3.05) is 5.75 Å². The number of ether oxygens (including phenoxy) is 1. The summed E-state index contributed by atoms with van der Waals surface area (Å²) in [6, 6.07) is 2.20. The van der Waals surface area contributed by atoms with E-state index in [1.165, 1.54) is 29.8 Å². The summed E-state index contributed by atoms with van der Waals surface area (Å²) in [6.07, 6.45) is -2.51. The molecule has 0 N–H and O–H groups in total. The van der Waals surface area contributed by atoms with Crippen LogP contribution >= 0.6 is 0 Å². The molecule has 11 heteroatoms. The van der Waals surface area contributed by atoms with Gasteiger partial charge in [-0.15, -0.1) is 0 Å². The zero-order valence-corrected chi connectivity index (χ0v) is 15.0. The van der Waals surface area contributed by atoms with Gasteiger partial charge in [0.25, 0.3) is 0 Å². The third kappa shape index (κ3) is 4.07. The van der Waals surface area contributed by atoms with Gasteiger partial charge in [0.2, 0.25) is 6.36 Å². The largest absolute Gasteiger partial charge is 0.459 e. The average molecular weight is 402 g/mol. The zero-order valence-electron chi connectivity index (χ0n) is 14.2. The summed E-state index contributed by atoms with van der Waals surface area (Å²) in [6.45, 7) is 2.88. The van der Waals surface area contributed by atoms with E-state index in [-0.39, 0.29) is 33.4 Å². The molecule has 0 radical (unpaired) electrons. The van der Waals surface area contributed by atoms with Gasteiger partial charge < -0.3 is 4.74 Å². The number of pyridine rings is 1. The van der Waals surface area contributed by atoms with Crippen molar-refractivity contribution in [3.05, 3.63) is 36.5 Å². The van der Waals surface area contributed by atoms with E-state index in [1.54, 1.807) is 6.92 Å². The third-order valence-electron chi connectivity index (χ3n) is 3.51. The summed E-state index contributed by atoms with van der Waals surface area (Å²) < 4.78 is 70.1. The molecule has 0 fully saturated rings. The molecule has 0 amide bonds. The van der Waals surface area contributed by atoms with Crippen molar-refractivity contribution in [3.8, 4) is 17.1 Å². The predicted octanol–water partition coefficient (Wildman–Crippen LogP) is 3.63. The summed E-state index contributed by atoms with van der Waals surface area (Å²) in [4.78, 5) is 11.9. The second kappa shape index (κ2) is 7.22. The predicted molar refractivity (Wildman–Crippen MR) is 89.4 cm³/mol. The van der Waals surface area contributed by atoms with Gasteiger partial charge in [0.05, 0.1) is 21.9 Å². The summed E-state index contributed by atoms with van der Waals surface area (Å²) in [7, 11) is -1.48.